The van der Waals surface area contributed by atoms with Crippen molar-refractivity contribution in [1.29, 1.82) is 0 Å². The van der Waals surface area contributed by atoms with E-state index in [1.165, 1.54) is 11.3 Å². The number of ether oxygens (including phenoxy) is 2. The highest BCUT2D eigenvalue weighted by atomic mass is 32.1. The Balaban J connectivity index is 2.29. The van der Waals surface area contributed by atoms with Crippen LogP contribution in [0.25, 0.3) is 0 Å². The lowest BCUT2D eigenvalue weighted by Crippen LogP contribution is -2.21. The molecule has 1 rings (SSSR count). The lowest BCUT2D eigenvalue weighted by Gasteiger charge is -2.03. The van der Waals surface area contributed by atoms with E-state index in [-0.39, 0.29) is 0 Å². The summed E-state index contributed by atoms with van der Waals surface area (Å²) in [5.41, 5.74) is 0. The molecule has 0 aliphatic heterocycles. The Morgan fingerprint density at radius 2 is 2.13 bits per heavy atom. The second-order valence-electron chi connectivity index (χ2n) is 3.34. The molecule has 0 aromatic carbocycles. The molecule has 0 fully saturated rings. The van der Waals surface area contributed by atoms with Gasteiger partial charge >= 0.3 is 0 Å². The minimum Gasteiger partial charge on any atom is -0.466 e. The van der Waals surface area contributed by atoms with Crippen molar-refractivity contribution in [3.8, 4) is 5.19 Å². The van der Waals surface area contributed by atoms with E-state index < -0.39 is 0 Å². The van der Waals surface area contributed by atoms with Crippen LogP contribution in [-0.4, -0.2) is 36.6 Å². The lowest BCUT2D eigenvalue weighted by molar-refractivity contribution is 0.145. The third-order valence-corrected chi connectivity index (χ3v) is 2.46. The number of nitrogens with one attached hydrogen (secondary N) is 1. The van der Waals surface area contributed by atoms with Crippen LogP contribution in [0, 0.1) is 0 Å². The fraction of sp³-hybridized carbons (Fsp3) is 0.778. The molecule has 0 spiro atoms. The van der Waals surface area contributed by atoms with Gasteiger partial charge in [-0.25, -0.2) is 0 Å². The number of nitrogens with zero attached hydrogens (tertiary/aromatic N) is 2. The topological polar surface area (TPSA) is 56.3 Å². The Hall–Kier alpha value is -0.720. The third kappa shape index (κ3) is 5.06. The minimum absolute atomic E-state index is 0.451. The summed E-state index contributed by atoms with van der Waals surface area (Å²) in [6, 6.07) is 0.451. The molecular formula is C9H17N3O2S. The van der Waals surface area contributed by atoms with Crippen LogP contribution in [-0.2, 0) is 11.3 Å². The van der Waals surface area contributed by atoms with Gasteiger partial charge in [0.2, 0.25) is 0 Å². The van der Waals surface area contributed by atoms with E-state index in [2.05, 4.69) is 29.4 Å². The number of hydrogen-bond acceptors (Lipinski definition) is 6. The standard InChI is InChI=1S/C9H17N3O2S/c1-7(2)10-6-8-11-12-9(15-8)14-5-4-13-3/h7,10H,4-6H2,1-3H3. The first-order valence-corrected chi connectivity index (χ1v) is 5.71. The highest BCUT2D eigenvalue weighted by molar-refractivity contribution is 7.13. The lowest BCUT2D eigenvalue weighted by atomic mass is 10.4. The molecule has 6 heteroatoms. The Morgan fingerprint density at radius 1 is 1.33 bits per heavy atom. The number of aromatic nitrogens is 2. The average Bonchev–Trinajstić information content (AvgIpc) is 2.63. The maximum atomic E-state index is 5.33. The fourth-order valence-electron chi connectivity index (χ4n) is 0.872. The second-order valence-corrected chi connectivity index (χ2v) is 4.36. The fourth-order valence-corrected chi connectivity index (χ4v) is 1.53. The molecule has 0 aliphatic carbocycles. The van der Waals surface area contributed by atoms with E-state index in [1.807, 2.05) is 0 Å². The predicted molar refractivity (Wildman–Crippen MR) is 59.3 cm³/mol. The Kier molecular flexibility index (Phi) is 5.52. The molecule has 0 saturated heterocycles. The summed E-state index contributed by atoms with van der Waals surface area (Å²) in [4.78, 5) is 0. The van der Waals surface area contributed by atoms with Crippen LogP contribution in [0.4, 0.5) is 0 Å². The molecule has 0 unspecified atom stereocenters. The van der Waals surface area contributed by atoms with Crippen molar-refractivity contribution in [2.75, 3.05) is 20.3 Å². The van der Waals surface area contributed by atoms with Gasteiger partial charge < -0.3 is 14.8 Å². The molecule has 0 aliphatic rings. The van der Waals surface area contributed by atoms with E-state index in [9.17, 15) is 0 Å². The first-order valence-electron chi connectivity index (χ1n) is 4.90. The van der Waals surface area contributed by atoms with Crippen LogP contribution < -0.4 is 10.1 Å². The van der Waals surface area contributed by atoms with Gasteiger partial charge in [-0.15, -0.1) is 10.2 Å². The van der Waals surface area contributed by atoms with E-state index in [4.69, 9.17) is 9.47 Å². The average molecular weight is 231 g/mol. The zero-order valence-electron chi connectivity index (χ0n) is 9.32. The molecular weight excluding hydrogens is 214 g/mol. The SMILES string of the molecule is COCCOc1nnc(CNC(C)C)s1. The van der Waals surface area contributed by atoms with Gasteiger partial charge in [0.25, 0.3) is 5.19 Å². The zero-order chi connectivity index (χ0) is 11.1. The highest BCUT2D eigenvalue weighted by Gasteiger charge is 2.04. The molecule has 1 aromatic rings. The first-order chi connectivity index (χ1) is 7.22. The van der Waals surface area contributed by atoms with E-state index in [1.54, 1.807) is 7.11 Å². The Bertz CT molecular complexity index is 278. The van der Waals surface area contributed by atoms with Crippen LogP contribution in [0.1, 0.15) is 18.9 Å². The van der Waals surface area contributed by atoms with Gasteiger partial charge in [-0.05, 0) is 0 Å². The molecule has 86 valence electrons. The van der Waals surface area contributed by atoms with Crippen molar-refractivity contribution >= 4 is 11.3 Å². The van der Waals surface area contributed by atoms with Crippen molar-refractivity contribution < 1.29 is 9.47 Å². The van der Waals surface area contributed by atoms with E-state index in [0.29, 0.717) is 24.4 Å². The van der Waals surface area contributed by atoms with Crippen molar-refractivity contribution in [3.63, 3.8) is 0 Å². The van der Waals surface area contributed by atoms with Crippen LogP contribution >= 0.6 is 11.3 Å². The number of rotatable bonds is 7. The Labute approximate surface area is 93.8 Å². The summed E-state index contributed by atoms with van der Waals surface area (Å²) in [6.07, 6.45) is 0. The second kappa shape index (κ2) is 6.71. The van der Waals surface area contributed by atoms with Crippen molar-refractivity contribution in [2.24, 2.45) is 0 Å². The summed E-state index contributed by atoms with van der Waals surface area (Å²) in [5.74, 6) is 0. The molecule has 1 aromatic heterocycles. The molecule has 5 nitrogen and oxygen atoms in total. The molecule has 1 heterocycles. The van der Waals surface area contributed by atoms with E-state index in [0.717, 1.165) is 11.6 Å². The molecule has 0 amide bonds. The number of methoxy groups -OCH3 is 1. The molecule has 15 heavy (non-hydrogen) atoms. The molecule has 0 radical (unpaired) electrons. The minimum atomic E-state index is 0.451. The van der Waals surface area contributed by atoms with Gasteiger partial charge in [0.05, 0.1) is 13.2 Å². The van der Waals surface area contributed by atoms with Crippen molar-refractivity contribution in [2.45, 2.75) is 26.4 Å². The van der Waals surface area contributed by atoms with Gasteiger partial charge in [-0.3, -0.25) is 0 Å². The molecule has 0 atom stereocenters. The van der Waals surface area contributed by atoms with Gasteiger partial charge in [-0.1, -0.05) is 25.2 Å². The highest BCUT2D eigenvalue weighted by Crippen LogP contribution is 2.17. The largest absolute Gasteiger partial charge is 0.466 e. The summed E-state index contributed by atoms with van der Waals surface area (Å²) in [7, 11) is 1.64. The van der Waals surface area contributed by atoms with Gasteiger partial charge in [-0.2, -0.15) is 0 Å². The van der Waals surface area contributed by atoms with Gasteiger partial charge in [0, 0.05) is 13.2 Å². The number of hydrogen-bond donors (Lipinski definition) is 1. The van der Waals surface area contributed by atoms with Crippen LogP contribution in [0.5, 0.6) is 5.19 Å². The smallest absolute Gasteiger partial charge is 0.294 e. The quantitative estimate of drug-likeness (QED) is 0.711. The van der Waals surface area contributed by atoms with Gasteiger partial charge in [0.15, 0.2) is 0 Å². The normalized spacial score (nSPS) is 10.9. The third-order valence-electron chi connectivity index (χ3n) is 1.62. The maximum Gasteiger partial charge on any atom is 0.294 e. The van der Waals surface area contributed by atoms with Crippen molar-refractivity contribution in [1.82, 2.24) is 15.5 Å². The zero-order valence-corrected chi connectivity index (χ0v) is 10.1. The van der Waals surface area contributed by atoms with Gasteiger partial charge in [0.1, 0.15) is 11.6 Å². The summed E-state index contributed by atoms with van der Waals surface area (Å²) in [6.45, 7) is 6.01. The molecule has 0 bridgehead atoms. The Morgan fingerprint density at radius 3 is 2.80 bits per heavy atom. The monoisotopic (exact) mass is 231 g/mol. The van der Waals surface area contributed by atoms with Crippen LogP contribution in [0.3, 0.4) is 0 Å². The summed E-state index contributed by atoms with van der Waals surface area (Å²) >= 11 is 1.46. The first kappa shape index (κ1) is 12.4. The summed E-state index contributed by atoms with van der Waals surface area (Å²) in [5, 5.41) is 12.7. The summed E-state index contributed by atoms with van der Waals surface area (Å²) < 4.78 is 10.2. The maximum absolute atomic E-state index is 5.33. The van der Waals surface area contributed by atoms with Crippen LogP contribution in [0.15, 0.2) is 0 Å². The molecule has 0 saturated carbocycles. The molecule has 1 N–H and O–H groups in total. The van der Waals surface area contributed by atoms with E-state index >= 15 is 0 Å². The van der Waals surface area contributed by atoms with Crippen molar-refractivity contribution in [3.05, 3.63) is 5.01 Å². The predicted octanol–water partition coefficient (Wildman–Crippen LogP) is 1.06. The van der Waals surface area contributed by atoms with Crippen LogP contribution in [0.2, 0.25) is 0 Å².